The monoisotopic (exact) mass is 474 g/mol. The van der Waals surface area contributed by atoms with E-state index in [1.54, 1.807) is 24.3 Å². The molecular formula is C23H22O11. The van der Waals surface area contributed by atoms with Crippen LogP contribution in [0.4, 0.5) is 0 Å². The van der Waals surface area contributed by atoms with Gasteiger partial charge in [0.25, 0.3) is 0 Å². The zero-order chi connectivity index (χ0) is 24.6. The van der Waals surface area contributed by atoms with Crippen LogP contribution < -0.4 is 14.9 Å². The highest BCUT2D eigenvalue weighted by Crippen LogP contribution is 2.30. The number of methoxy groups -OCH3 is 1. The van der Waals surface area contributed by atoms with Crippen LogP contribution >= 0.6 is 0 Å². The molecule has 0 bridgehead atoms. The summed E-state index contributed by atoms with van der Waals surface area (Å²) in [7, 11) is 1.52. The quantitative estimate of drug-likeness (QED) is 0.331. The lowest BCUT2D eigenvalue weighted by Gasteiger charge is -2.38. The number of aliphatic carboxylic acids is 1. The maximum atomic E-state index is 13.2. The molecule has 0 amide bonds. The third-order valence-corrected chi connectivity index (χ3v) is 5.57. The molecule has 1 aliphatic rings. The molecule has 34 heavy (non-hydrogen) atoms. The van der Waals surface area contributed by atoms with E-state index in [9.17, 15) is 35.1 Å². The molecule has 180 valence electrons. The number of aliphatic hydroxyl groups is 4. The standard InChI is InChI=1S/C23H22O11/c1-31-12-4-2-10(3-5-12)14-9-32-15-7-13(6-11(8-24)16(15)17(14)25)33-23-20(28)18(26)19(27)21(34-23)22(29)30/h2-7,9,18-21,23-24,26-28H,8H2,1H3,(H,29,30)/t18-,19-,20+,21-,23+/m0/s1. The fourth-order valence-corrected chi connectivity index (χ4v) is 3.75. The summed E-state index contributed by atoms with van der Waals surface area (Å²) in [6, 6.07) is 9.36. The number of rotatable bonds is 6. The maximum Gasteiger partial charge on any atom is 0.335 e. The molecule has 5 N–H and O–H groups in total. The van der Waals surface area contributed by atoms with Crippen LogP contribution in [0.5, 0.6) is 11.5 Å². The third kappa shape index (κ3) is 4.22. The normalized spacial score (nSPS) is 24.7. The summed E-state index contributed by atoms with van der Waals surface area (Å²) >= 11 is 0. The van der Waals surface area contributed by atoms with Crippen LogP contribution in [-0.4, -0.2) is 69.3 Å². The van der Waals surface area contributed by atoms with Crippen molar-refractivity contribution in [3.05, 3.63) is 58.4 Å². The molecule has 0 unspecified atom stereocenters. The zero-order valence-corrected chi connectivity index (χ0v) is 17.8. The van der Waals surface area contributed by atoms with Crippen molar-refractivity contribution in [2.45, 2.75) is 37.3 Å². The first kappa shape index (κ1) is 23.7. The number of fused-ring (bicyclic) bond motifs is 1. The molecule has 2 heterocycles. The first-order valence-electron chi connectivity index (χ1n) is 10.2. The predicted molar refractivity (Wildman–Crippen MR) is 115 cm³/mol. The highest BCUT2D eigenvalue weighted by molar-refractivity contribution is 5.86. The highest BCUT2D eigenvalue weighted by Gasteiger charge is 2.48. The Morgan fingerprint density at radius 1 is 1.03 bits per heavy atom. The molecule has 11 nitrogen and oxygen atoms in total. The number of carboxylic acid groups (broad SMARTS) is 1. The van der Waals surface area contributed by atoms with Crippen molar-refractivity contribution in [2.24, 2.45) is 0 Å². The van der Waals surface area contributed by atoms with Crippen molar-refractivity contribution in [2.75, 3.05) is 7.11 Å². The summed E-state index contributed by atoms with van der Waals surface area (Å²) in [4.78, 5) is 24.5. The lowest BCUT2D eigenvalue weighted by Crippen LogP contribution is -2.61. The van der Waals surface area contributed by atoms with Crippen LogP contribution in [0.1, 0.15) is 5.56 Å². The van der Waals surface area contributed by atoms with Crippen LogP contribution in [0.25, 0.3) is 22.1 Å². The number of ether oxygens (including phenoxy) is 3. The van der Waals surface area contributed by atoms with Crippen LogP contribution in [0.15, 0.2) is 51.9 Å². The van der Waals surface area contributed by atoms with Gasteiger partial charge in [-0.05, 0) is 29.3 Å². The molecule has 0 spiro atoms. The average Bonchev–Trinajstić information content (AvgIpc) is 2.84. The Balaban J connectivity index is 1.70. The topological polar surface area (TPSA) is 176 Å². The van der Waals surface area contributed by atoms with Gasteiger partial charge >= 0.3 is 5.97 Å². The van der Waals surface area contributed by atoms with E-state index in [4.69, 9.17) is 18.6 Å². The Morgan fingerprint density at radius 2 is 1.74 bits per heavy atom. The van der Waals surface area contributed by atoms with E-state index in [-0.39, 0.29) is 27.8 Å². The first-order chi connectivity index (χ1) is 16.2. The van der Waals surface area contributed by atoms with E-state index in [1.165, 1.54) is 25.5 Å². The van der Waals surface area contributed by atoms with E-state index in [2.05, 4.69) is 0 Å². The van der Waals surface area contributed by atoms with Gasteiger partial charge in [-0.1, -0.05) is 12.1 Å². The third-order valence-electron chi connectivity index (χ3n) is 5.57. The lowest BCUT2D eigenvalue weighted by atomic mass is 9.99. The Kier molecular flexibility index (Phi) is 6.55. The minimum absolute atomic E-state index is 0.0336. The number of carboxylic acids is 1. The van der Waals surface area contributed by atoms with E-state index >= 15 is 0 Å². The lowest BCUT2D eigenvalue weighted by molar-refractivity contribution is -0.271. The highest BCUT2D eigenvalue weighted by atomic mass is 16.7. The fraction of sp³-hybridized carbons (Fsp3) is 0.304. The van der Waals surface area contributed by atoms with Crippen molar-refractivity contribution >= 4 is 16.9 Å². The summed E-state index contributed by atoms with van der Waals surface area (Å²) in [6.07, 6.45) is -7.73. The Hall–Kier alpha value is -3.48. The van der Waals surface area contributed by atoms with Gasteiger partial charge in [-0.25, -0.2) is 4.79 Å². The minimum atomic E-state index is -1.87. The van der Waals surface area contributed by atoms with Gasteiger partial charge in [0.15, 0.2) is 6.10 Å². The van der Waals surface area contributed by atoms with Gasteiger partial charge in [0.1, 0.15) is 41.7 Å². The van der Waals surface area contributed by atoms with Gasteiger partial charge in [-0.2, -0.15) is 0 Å². The SMILES string of the molecule is COc1ccc(-c2coc3cc(O[C@@H]4O[C@H](C(=O)O)[C@@H](O)[C@H](O)[C@H]4O)cc(CO)c3c2=O)cc1. The van der Waals surface area contributed by atoms with Crippen molar-refractivity contribution < 1.29 is 49.0 Å². The zero-order valence-electron chi connectivity index (χ0n) is 17.8. The van der Waals surface area contributed by atoms with Crippen molar-refractivity contribution in [1.82, 2.24) is 0 Å². The number of aliphatic hydroxyl groups excluding tert-OH is 4. The summed E-state index contributed by atoms with van der Waals surface area (Å²) in [5.41, 5.74) is 0.639. The van der Waals surface area contributed by atoms with Gasteiger partial charge in [-0.3, -0.25) is 4.79 Å². The number of hydrogen-bond acceptors (Lipinski definition) is 10. The maximum absolute atomic E-state index is 13.2. The molecule has 1 fully saturated rings. The fourth-order valence-electron chi connectivity index (χ4n) is 3.75. The second kappa shape index (κ2) is 9.41. The smallest absolute Gasteiger partial charge is 0.335 e. The number of carbonyl (C=O) groups is 1. The van der Waals surface area contributed by atoms with E-state index in [1.807, 2.05) is 0 Å². The average molecular weight is 474 g/mol. The molecule has 0 saturated carbocycles. The summed E-state index contributed by atoms with van der Waals surface area (Å²) in [6.45, 7) is -0.558. The molecular weight excluding hydrogens is 452 g/mol. The Labute approximate surface area is 192 Å². The Morgan fingerprint density at radius 3 is 2.35 bits per heavy atom. The molecule has 3 aromatic rings. The summed E-state index contributed by atoms with van der Waals surface area (Å²) in [5, 5.41) is 49.1. The van der Waals surface area contributed by atoms with E-state index in [0.717, 1.165) is 0 Å². The molecule has 11 heteroatoms. The summed E-state index contributed by atoms with van der Waals surface area (Å²) in [5.74, 6) is -0.978. The van der Waals surface area contributed by atoms with Crippen LogP contribution in [-0.2, 0) is 16.1 Å². The van der Waals surface area contributed by atoms with Crippen LogP contribution in [0.2, 0.25) is 0 Å². The van der Waals surface area contributed by atoms with Crippen molar-refractivity contribution in [3.8, 4) is 22.6 Å². The van der Waals surface area contributed by atoms with Gasteiger partial charge < -0.3 is 44.2 Å². The Bertz CT molecular complexity index is 1250. The van der Waals surface area contributed by atoms with Gasteiger partial charge in [0, 0.05) is 6.07 Å². The first-order valence-corrected chi connectivity index (χ1v) is 10.2. The molecule has 0 radical (unpaired) electrons. The van der Waals surface area contributed by atoms with Crippen molar-refractivity contribution in [1.29, 1.82) is 0 Å². The largest absolute Gasteiger partial charge is 0.497 e. The molecule has 1 aromatic heterocycles. The molecule has 5 atom stereocenters. The molecule has 2 aromatic carbocycles. The van der Waals surface area contributed by atoms with Gasteiger partial charge in [0.2, 0.25) is 11.7 Å². The van der Waals surface area contributed by atoms with Crippen LogP contribution in [0, 0.1) is 0 Å². The van der Waals surface area contributed by atoms with Crippen LogP contribution in [0.3, 0.4) is 0 Å². The molecule has 4 rings (SSSR count). The second-order valence-corrected chi connectivity index (χ2v) is 7.67. The second-order valence-electron chi connectivity index (χ2n) is 7.67. The van der Waals surface area contributed by atoms with E-state index < -0.39 is 48.7 Å². The summed E-state index contributed by atoms with van der Waals surface area (Å²) < 4.78 is 21.3. The molecule has 0 aliphatic carbocycles. The number of hydrogen-bond donors (Lipinski definition) is 5. The molecule has 1 saturated heterocycles. The van der Waals surface area contributed by atoms with E-state index in [0.29, 0.717) is 11.3 Å². The predicted octanol–water partition coefficient (Wildman–Crippen LogP) is 0.232. The number of benzene rings is 2. The molecule has 1 aliphatic heterocycles. The van der Waals surface area contributed by atoms with Gasteiger partial charge in [0.05, 0.1) is 24.7 Å². The minimum Gasteiger partial charge on any atom is -0.497 e. The van der Waals surface area contributed by atoms with Crippen molar-refractivity contribution in [3.63, 3.8) is 0 Å². The van der Waals surface area contributed by atoms with Gasteiger partial charge in [-0.15, -0.1) is 0 Å².